The van der Waals surface area contributed by atoms with E-state index in [9.17, 15) is 4.39 Å². The van der Waals surface area contributed by atoms with Crippen molar-refractivity contribution in [2.45, 2.75) is 6.61 Å². The Morgan fingerprint density at radius 1 is 1.20 bits per heavy atom. The zero-order chi connectivity index (χ0) is 14.7. The summed E-state index contributed by atoms with van der Waals surface area (Å²) in [6.45, 7) is 0.0528. The molecule has 0 spiro atoms. The Hall–Kier alpha value is -1.78. The molecule has 0 aliphatic heterocycles. The minimum absolute atomic E-state index is 0.0528. The van der Waals surface area contributed by atoms with E-state index in [1.807, 2.05) is 0 Å². The van der Waals surface area contributed by atoms with E-state index >= 15 is 0 Å². The number of amidine groups is 1. The van der Waals surface area contributed by atoms with Crippen LogP contribution >= 0.6 is 23.2 Å². The van der Waals surface area contributed by atoms with Crippen LogP contribution in [0.4, 0.5) is 4.39 Å². The fourth-order valence-electron chi connectivity index (χ4n) is 1.65. The van der Waals surface area contributed by atoms with Gasteiger partial charge in [-0.1, -0.05) is 23.2 Å². The van der Waals surface area contributed by atoms with E-state index in [-0.39, 0.29) is 12.4 Å². The van der Waals surface area contributed by atoms with Gasteiger partial charge in [-0.2, -0.15) is 0 Å². The molecule has 2 aromatic carbocycles. The number of halogens is 3. The summed E-state index contributed by atoms with van der Waals surface area (Å²) in [5, 5.41) is 8.33. The SMILES string of the molecule is N=C(N)c1ccc(Cl)cc1OCc1cc(F)ccc1Cl. The molecule has 2 rings (SSSR count). The third-order valence-electron chi connectivity index (χ3n) is 2.62. The molecule has 0 aromatic heterocycles. The van der Waals surface area contributed by atoms with Crippen LogP contribution in [0, 0.1) is 11.2 Å². The second-order valence-corrected chi connectivity index (χ2v) is 4.92. The number of hydrogen-bond donors (Lipinski definition) is 2. The number of nitrogen functional groups attached to an aromatic ring is 1. The average Bonchev–Trinajstić information content (AvgIpc) is 2.39. The fourth-order valence-corrected chi connectivity index (χ4v) is 1.98. The molecule has 104 valence electrons. The monoisotopic (exact) mass is 312 g/mol. The molecule has 0 atom stereocenters. The summed E-state index contributed by atoms with van der Waals surface area (Å²) in [5.74, 6) is -0.182. The molecule has 3 nitrogen and oxygen atoms in total. The van der Waals surface area contributed by atoms with Gasteiger partial charge in [-0.3, -0.25) is 5.41 Å². The van der Waals surface area contributed by atoms with Crippen molar-refractivity contribution in [2.24, 2.45) is 5.73 Å². The number of hydrogen-bond acceptors (Lipinski definition) is 2. The molecule has 3 N–H and O–H groups in total. The maximum Gasteiger partial charge on any atom is 0.132 e. The Kier molecular flexibility index (Phi) is 4.47. The molecule has 20 heavy (non-hydrogen) atoms. The van der Waals surface area contributed by atoms with Gasteiger partial charge in [0.15, 0.2) is 0 Å². The normalized spacial score (nSPS) is 10.3. The second kappa shape index (κ2) is 6.11. The largest absolute Gasteiger partial charge is 0.488 e. The van der Waals surface area contributed by atoms with Crippen molar-refractivity contribution in [1.82, 2.24) is 0 Å². The van der Waals surface area contributed by atoms with Crippen molar-refractivity contribution in [2.75, 3.05) is 0 Å². The van der Waals surface area contributed by atoms with Gasteiger partial charge in [-0.05, 0) is 36.4 Å². The molecule has 0 aliphatic rings. The minimum atomic E-state index is -0.397. The first-order chi connectivity index (χ1) is 9.47. The zero-order valence-electron chi connectivity index (χ0n) is 10.3. The van der Waals surface area contributed by atoms with Gasteiger partial charge in [0.2, 0.25) is 0 Å². The van der Waals surface area contributed by atoms with Crippen molar-refractivity contribution < 1.29 is 9.13 Å². The van der Waals surface area contributed by atoms with Crippen LogP contribution in [0.5, 0.6) is 5.75 Å². The minimum Gasteiger partial charge on any atom is -0.488 e. The molecule has 0 fully saturated rings. The van der Waals surface area contributed by atoms with E-state index in [1.54, 1.807) is 18.2 Å². The predicted molar refractivity (Wildman–Crippen MR) is 78.2 cm³/mol. The molecule has 6 heteroatoms. The number of benzene rings is 2. The molecular weight excluding hydrogens is 302 g/mol. The Morgan fingerprint density at radius 3 is 2.65 bits per heavy atom. The molecular formula is C14H11Cl2FN2O. The van der Waals surface area contributed by atoms with E-state index in [1.165, 1.54) is 18.2 Å². The molecule has 0 amide bonds. The smallest absolute Gasteiger partial charge is 0.132 e. The zero-order valence-corrected chi connectivity index (χ0v) is 11.8. The van der Waals surface area contributed by atoms with Crippen molar-refractivity contribution in [3.63, 3.8) is 0 Å². The van der Waals surface area contributed by atoms with Gasteiger partial charge in [0, 0.05) is 15.6 Å². The number of ether oxygens (including phenoxy) is 1. The third-order valence-corrected chi connectivity index (χ3v) is 3.23. The molecule has 0 aliphatic carbocycles. The first-order valence-electron chi connectivity index (χ1n) is 5.68. The molecule has 0 saturated heterocycles. The van der Waals surface area contributed by atoms with Gasteiger partial charge in [0.25, 0.3) is 0 Å². The van der Waals surface area contributed by atoms with E-state index < -0.39 is 5.82 Å². The summed E-state index contributed by atoms with van der Waals surface area (Å²) in [7, 11) is 0. The van der Waals surface area contributed by atoms with Crippen LogP contribution in [0.15, 0.2) is 36.4 Å². The van der Waals surface area contributed by atoms with Gasteiger partial charge in [0.05, 0.1) is 5.56 Å². The summed E-state index contributed by atoms with van der Waals surface area (Å²) in [6.07, 6.45) is 0. The standard InChI is InChI=1S/C14H11Cl2FN2O/c15-9-1-3-11(14(18)19)13(6-9)20-7-8-5-10(17)2-4-12(8)16/h1-6H,7H2,(H3,18,19). The molecule has 0 bridgehead atoms. The summed E-state index contributed by atoms with van der Waals surface area (Å²) < 4.78 is 18.7. The van der Waals surface area contributed by atoms with Crippen LogP contribution in [0.25, 0.3) is 0 Å². The highest BCUT2D eigenvalue weighted by molar-refractivity contribution is 6.31. The average molecular weight is 313 g/mol. The Balaban J connectivity index is 2.24. The molecule has 0 heterocycles. The van der Waals surface area contributed by atoms with Crippen LogP contribution in [-0.2, 0) is 6.61 Å². The van der Waals surface area contributed by atoms with Crippen molar-refractivity contribution >= 4 is 29.0 Å². The lowest BCUT2D eigenvalue weighted by Gasteiger charge is -2.12. The topological polar surface area (TPSA) is 59.1 Å². The van der Waals surface area contributed by atoms with Crippen LogP contribution in [0.1, 0.15) is 11.1 Å². The van der Waals surface area contributed by atoms with E-state index in [4.69, 9.17) is 39.1 Å². The van der Waals surface area contributed by atoms with Gasteiger partial charge in [0.1, 0.15) is 24.0 Å². The van der Waals surface area contributed by atoms with Crippen molar-refractivity contribution in [3.05, 3.63) is 63.4 Å². The van der Waals surface area contributed by atoms with Crippen LogP contribution in [0.2, 0.25) is 10.0 Å². The number of nitrogens with one attached hydrogen (secondary N) is 1. The Labute approximate surface area is 125 Å². The lowest BCUT2D eigenvalue weighted by atomic mass is 10.2. The van der Waals surface area contributed by atoms with Gasteiger partial charge < -0.3 is 10.5 Å². The number of nitrogens with two attached hydrogens (primary N) is 1. The van der Waals surface area contributed by atoms with E-state index in [0.717, 1.165) is 0 Å². The van der Waals surface area contributed by atoms with E-state index in [0.29, 0.717) is 26.9 Å². The first kappa shape index (κ1) is 14.6. The first-order valence-corrected chi connectivity index (χ1v) is 6.43. The quantitative estimate of drug-likeness (QED) is 0.662. The van der Waals surface area contributed by atoms with Crippen molar-refractivity contribution in [3.8, 4) is 5.75 Å². The van der Waals surface area contributed by atoms with E-state index in [2.05, 4.69) is 0 Å². The van der Waals surface area contributed by atoms with Crippen LogP contribution in [-0.4, -0.2) is 5.84 Å². The van der Waals surface area contributed by atoms with Gasteiger partial charge in [-0.15, -0.1) is 0 Å². The third kappa shape index (κ3) is 3.40. The molecule has 0 saturated carbocycles. The van der Waals surface area contributed by atoms with Crippen molar-refractivity contribution in [1.29, 1.82) is 5.41 Å². The maximum atomic E-state index is 13.2. The molecule has 0 radical (unpaired) electrons. The summed E-state index contributed by atoms with van der Waals surface area (Å²) in [4.78, 5) is 0. The maximum absolute atomic E-state index is 13.2. The van der Waals surface area contributed by atoms with Gasteiger partial charge >= 0.3 is 0 Å². The predicted octanol–water partition coefficient (Wildman–Crippen LogP) is 4.00. The lowest BCUT2D eigenvalue weighted by molar-refractivity contribution is 0.305. The van der Waals surface area contributed by atoms with Crippen LogP contribution in [0.3, 0.4) is 0 Å². The fraction of sp³-hybridized carbons (Fsp3) is 0.0714. The molecule has 2 aromatic rings. The highest BCUT2D eigenvalue weighted by Crippen LogP contribution is 2.25. The summed E-state index contributed by atoms with van der Waals surface area (Å²) >= 11 is 11.8. The summed E-state index contributed by atoms with van der Waals surface area (Å²) in [6, 6.07) is 8.77. The van der Waals surface area contributed by atoms with Gasteiger partial charge in [-0.25, -0.2) is 4.39 Å². The highest BCUT2D eigenvalue weighted by atomic mass is 35.5. The lowest BCUT2D eigenvalue weighted by Crippen LogP contribution is -2.13. The Bertz CT molecular complexity index is 662. The number of rotatable bonds is 4. The molecule has 0 unspecified atom stereocenters. The second-order valence-electron chi connectivity index (χ2n) is 4.08. The summed E-state index contributed by atoms with van der Waals surface area (Å²) in [5.41, 5.74) is 6.38. The highest BCUT2D eigenvalue weighted by Gasteiger charge is 2.09. The van der Waals surface area contributed by atoms with Crippen LogP contribution < -0.4 is 10.5 Å². The Morgan fingerprint density at radius 2 is 1.95 bits per heavy atom.